The molecule has 0 aromatic heterocycles. The highest BCUT2D eigenvalue weighted by Gasteiger charge is 2.30. The quantitative estimate of drug-likeness (QED) is 0.641. The van der Waals surface area contributed by atoms with Crippen LogP contribution in [-0.4, -0.2) is 19.3 Å². The monoisotopic (exact) mass is 349 g/mol. The highest BCUT2D eigenvalue weighted by Crippen LogP contribution is 2.22. The number of nitrogens with two attached hydrogens (primary N) is 1. The Morgan fingerprint density at radius 2 is 1.48 bits per heavy atom. The fraction of sp³-hybridized carbons (Fsp3) is 0.143. The smallest absolute Gasteiger partial charge is 0.406 e. The molecule has 126 valence electrons. The van der Waals surface area contributed by atoms with Gasteiger partial charge in [-0.25, -0.2) is 0 Å². The normalized spacial score (nSPS) is 11.3. The fourth-order valence-corrected chi connectivity index (χ4v) is 1.86. The predicted octanol–water partition coefficient (Wildman–Crippen LogP) is 3.41. The molecule has 3 N–H and O–H groups in total. The Bertz CT molecular complexity index is 726. The number of aryl methyl sites for hydroxylation is 1. The Hall–Kier alpha value is -2.26. The van der Waals surface area contributed by atoms with E-state index in [-0.39, 0.29) is 10.6 Å². The van der Waals surface area contributed by atoms with Crippen LogP contribution in [0.25, 0.3) is 0 Å². The van der Waals surface area contributed by atoms with Gasteiger partial charge in [0.25, 0.3) is 10.1 Å². The van der Waals surface area contributed by atoms with Crippen molar-refractivity contribution in [2.45, 2.75) is 18.2 Å². The Kier molecular flexibility index (Phi) is 5.99. The van der Waals surface area contributed by atoms with Gasteiger partial charge >= 0.3 is 6.36 Å². The molecule has 0 aliphatic heterocycles. The van der Waals surface area contributed by atoms with Crippen molar-refractivity contribution < 1.29 is 30.9 Å². The summed E-state index contributed by atoms with van der Waals surface area (Å²) in [6, 6.07) is 11.0. The molecule has 0 radical (unpaired) electrons. The molecular formula is C14H14F3NO4S. The number of alkyl halides is 3. The van der Waals surface area contributed by atoms with Gasteiger partial charge in [-0.1, -0.05) is 17.7 Å². The summed E-state index contributed by atoms with van der Waals surface area (Å²) in [6.45, 7) is 1.84. The second-order valence-corrected chi connectivity index (χ2v) is 5.83. The van der Waals surface area contributed by atoms with E-state index in [0.717, 1.165) is 17.7 Å². The molecule has 0 atom stereocenters. The molecule has 5 nitrogen and oxygen atoms in total. The number of nitrogen functional groups attached to an aromatic ring is 1. The molecule has 0 amide bonds. The molecule has 0 fully saturated rings. The molecule has 0 aliphatic rings. The zero-order chi connectivity index (χ0) is 17.7. The number of ether oxygens (including phenoxy) is 1. The summed E-state index contributed by atoms with van der Waals surface area (Å²) >= 11 is 0. The van der Waals surface area contributed by atoms with E-state index in [1.807, 2.05) is 6.92 Å². The molecule has 23 heavy (non-hydrogen) atoms. The zero-order valence-corrected chi connectivity index (χ0v) is 12.7. The summed E-state index contributed by atoms with van der Waals surface area (Å²) in [6.07, 6.45) is -4.64. The van der Waals surface area contributed by atoms with Crippen molar-refractivity contribution >= 4 is 15.8 Å². The number of hydrogen-bond acceptors (Lipinski definition) is 4. The van der Waals surface area contributed by atoms with Crippen LogP contribution >= 0.6 is 0 Å². The standard InChI is InChI=1S/C7H6F3NO.C7H8O3S/c8-7(9,10)12-6-3-1-5(11)2-4-6;1-6-2-4-7(5-3-6)11(8,9)10/h1-4H,11H2;2-5H,1H3,(H,8,9,10). The zero-order valence-electron chi connectivity index (χ0n) is 11.9. The van der Waals surface area contributed by atoms with Crippen LogP contribution < -0.4 is 10.5 Å². The molecule has 2 aromatic carbocycles. The van der Waals surface area contributed by atoms with Crippen LogP contribution in [-0.2, 0) is 10.1 Å². The molecule has 2 aromatic rings. The Morgan fingerprint density at radius 1 is 1.00 bits per heavy atom. The number of hydrogen-bond donors (Lipinski definition) is 2. The SMILES string of the molecule is Cc1ccc(S(=O)(=O)O)cc1.Nc1ccc(OC(F)(F)F)cc1. The van der Waals surface area contributed by atoms with Crippen molar-refractivity contribution in [3.8, 4) is 5.75 Å². The van der Waals surface area contributed by atoms with Crippen molar-refractivity contribution in [1.29, 1.82) is 0 Å². The summed E-state index contributed by atoms with van der Waals surface area (Å²) in [5, 5.41) is 0. The summed E-state index contributed by atoms with van der Waals surface area (Å²) in [5.41, 5.74) is 6.60. The molecular weight excluding hydrogens is 335 g/mol. The van der Waals surface area contributed by atoms with Crippen molar-refractivity contribution in [2.24, 2.45) is 0 Å². The largest absolute Gasteiger partial charge is 0.573 e. The number of anilines is 1. The van der Waals surface area contributed by atoms with Crippen molar-refractivity contribution in [3.05, 3.63) is 54.1 Å². The minimum Gasteiger partial charge on any atom is -0.406 e. The summed E-state index contributed by atoms with van der Waals surface area (Å²) in [7, 11) is -4.02. The van der Waals surface area contributed by atoms with Gasteiger partial charge in [-0.3, -0.25) is 4.55 Å². The van der Waals surface area contributed by atoms with Gasteiger partial charge in [0, 0.05) is 5.69 Å². The Morgan fingerprint density at radius 3 is 1.87 bits per heavy atom. The van der Waals surface area contributed by atoms with E-state index in [1.165, 1.54) is 24.3 Å². The summed E-state index contributed by atoms with van der Waals surface area (Å²) in [5.74, 6) is -0.267. The van der Waals surface area contributed by atoms with Crippen LogP contribution in [0.4, 0.5) is 18.9 Å². The van der Waals surface area contributed by atoms with Crippen LogP contribution in [0.3, 0.4) is 0 Å². The maximum atomic E-state index is 11.6. The van der Waals surface area contributed by atoms with Crippen LogP contribution in [0.5, 0.6) is 5.75 Å². The highest BCUT2D eigenvalue weighted by atomic mass is 32.2. The molecule has 0 bridgehead atoms. The maximum Gasteiger partial charge on any atom is 0.573 e. The third kappa shape index (κ3) is 7.52. The lowest BCUT2D eigenvalue weighted by Crippen LogP contribution is -2.16. The molecule has 0 heterocycles. The molecule has 0 unspecified atom stereocenters. The second-order valence-electron chi connectivity index (χ2n) is 4.40. The van der Waals surface area contributed by atoms with Crippen LogP contribution in [0.1, 0.15) is 5.56 Å². The molecule has 0 spiro atoms. The first-order valence-electron chi connectivity index (χ1n) is 6.13. The average molecular weight is 349 g/mol. The number of benzene rings is 2. The van der Waals surface area contributed by atoms with Crippen molar-refractivity contribution in [1.82, 2.24) is 0 Å². The predicted molar refractivity (Wildman–Crippen MR) is 78.5 cm³/mol. The van der Waals surface area contributed by atoms with Crippen LogP contribution in [0, 0.1) is 6.92 Å². The number of rotatable bonds is 2. The lowest BCUT2D eigenvalue weighted by Gasteiger charge is -2.07. The summed E-state index contributed by atoms with van der Waals surface area (Å²) < 4.78 is 67.9. The first-order chi connectivity index (χ1) is 10.5. The van der Waals surface area contributed by atoms with Gasteiger partial charge in [0.2, 0.25) is 0 Å². The second kappa shape index (κ2) is 7.34. The third-order valence-electron chi connectivity index (χ3n) is 2.43. The fourth-order valence-electron chi connectivity index (χ4n) is 1.38. The maximum absolute atomic E-state index is 11.6. The van der Waals surface area contributed by atoms with Gasteiger partial charge in [-0.05, 0) is 43.3 Å². The first kappa shape index (κ1) is 18.8. The average Bonchev–Trinajstić information content (AvgIpc) is 2.40. The van der Waals surface area contributed by atoms with Gasteiger partial charge in [0.1, 0.15) is 5.75 Å². The molecule has 9 heteroatoms. The van der Waals surface area contributed by atoms with Crippen molar-refractivity contribution in [2.75, 3.05) is 5.73 Å². The van der Waals surface area contributed by atoms with Gasteiger partial charge < -0.3 is 10.5 Å². The number of halogens is 3. The van der Waals surface area contributed by atoms with Crippen LogP contribution in [0.15, 0.2) is 53.4 Å². The lowest BCUT2D eigenvalue weighted by molar-refractivity contribution is -0.274. The van der Waals surface area contributed by atoms with Gasteiger partial charge in [-0.2, -0.15) is 8.42 Å². The van der Waals surface area contributed by atoms with Crippen molar-refractivity contribution in [3.63, 3.8) is 0 Å². The van der Waals surface area contributed by atoms with Gasteiger partial charge in [0.15, 0.2) is 0 Å². The van der Waals surface area contributed by atoms with E-state index in [0.29, 0.717) is 5.69 Å². The lowest BCUT2D eigenvalue weighted by atomic mass is 10.2. The molecule has 2 rings (SSSR count). The minimum atomic E-state index is -4.64. The molecule has 0 saturated carbocycles. The topological polar surface area (TPSA) is 89.6 Å². The van der Waals surface area contributed by atoms with E-state index in [9.17, 15) is 21.6 Å². The van der Waals surface area contributed by atoms with E-state index >= 15 is 0 Å². The third-order valence-corrected chi connectivity index (χ3v) is 3.30. The van der Waals surface area contributed by atoms with E-state index < -0.39 is 16.5 Å². The summed E-state index contributed by atoms with van der Waals surface area (Å²) in [4.78, 5) is -0.0666. The molecule has 0 saturated heterocycles. The van der Waals surface area contributed by atoms with E-state index in [1.54, 1.807) is 12.1 Å². The Balaban J connectivity index is 0.000000231. The first-order valence-corrected chi connectivity index (χ1v) is 7.57. The Labute approximate surface area is 131 Å². The van der Waals surface area contributed by atoms with Crippen LogP contribution in [0.2, 0.25) is 0 Å². The van der Waals surface area contributed by atoms with Gasteiger partial charge in [0.05, 0.1) is 4.90 Å². The minimum absolute atomic E-state index is 0.0666. The van der Waals surface area contributed by atoms with E-state index in [4.69, 9.17) is 10.3 Å². The van der Waals surface area contributed by atoms with E-state index in [2.05, 4.69) is 4.74 Å². The van der Waals surface area contributed by atoms with Gasteiger partial charge in [-0.15, -0.1) is 13.2 Å². The highest BCUT2D eigenvalue weighted by molar-refractivity contribution is 7.85. The molecule has 0 aliphatic carbocycles.